The molecule has 1 aromatic heterocycles. The Morgan fingerprint density at radius 2 is 1.25 bits per heavy atom. The molecule has 2 saturated heterocycles. The Balaban J connectivity index is 0.00000361. The fraction of sp³-hybridized carbons (Fsp3) is 0.679. The number of benzene rings is 1. The SMILES string of the molecule is CC1(C)CCCC(C)(C)N1c1nc(NCc2ccccc2)nc(N2C(C)(C)CC(N)CC2(C)C)n1.O. The molecule has 0 radical (unpaired) electrons. The van der Waals surface area contributed by atoms with Gasteiger partial charge in [0, 0.05) is 34.7 Å². The zero-order valence-electron chi connectivity index (χ0n) is 23.5. The van der Waals surface area contributed by atoms with Crippen molar-refractivity contribution in [1.29, 1.82) is 0 Å². The van der Waals surface area contributed by atoms with Crippen molar-refractivity contribution < 1.29 is 5.48 Å². The Morgan fingerprint density at radius 1 is 0.778 bits per heavy atom. The highest BCUT2D eigenvalue weighted by Crippen LogP contribution is 2.43. The molecule has 0 spiro atoms. The van der Waals surface area contributed by atoms with Crippen molar-refractivity contribution in [2.75, 3.05) is 15.1 Å². The number of nitrogens with two attached hydrogens (primary N) is 1. The predicted molar refractivity (Wildman–Crippen MR) is 150 cm³/mol. The minimum absolute atomic E-state index is 0. The lowest BCUT2D eigenvalue weighted by Gasteiger charge is -2.55. The van der Waals surface area contributed by atoms with E-state index in [0.717, 1.165) is 37.6 Å². The Hall–Kier alpha value is -2.45. The van der Waals surface area contributed by atoms with Gasteiger partial charge < -0.3 is 26.3 Å². The molecule has 3 heterocycles. The maximum Gasteiger partial charge on any atom is 0.232 e. The molecule has 0 unspecified atom stereocenters. The highest BCUT2D eigenvalue weighted by molar-refractivity contribution is 5.52. The normalized spacial score (nSPS) is 22.6. The first kappa shape index (κ1) is 28.1. The molecule has 8 heteroatoms. The summed E-state index contributed by atoms with van der Waals surface area (Å²) in [6.07, 6.45) is 5.22. The Labute approximate surface area is 217 Å². The fourth-order valence-electron chi connectivity index (χ4n) is 6.85. The van der Waals surface area contributed by atoms with Crippen LogP contribution in [-0.2, 0) is 6.54 Å². The quantitative estimate of drug-likeness (QED) is 0.616. The molecule has 0 saturated carbocycles. The van der Waals surface area contributed by atoms with Crippen molar-refractivity contribution in [3.8, 4) is 0 Å². The fourth-order valence-corrected chi connectivity index (χ4v) is 6.85. The van der Waals surface area contributed by atoms with Crippen molar-refractivity contribution in [1.82, 2.24) is 15.0 Å². The number of rotatable bonds is 5. The molecule has 4 rings (SSSR count). The molecule has 0 amide bonds. The van der Waals surface area contributed by atoms with E-state index in [1.54, 1.807) is 0 Å². The summed E-state index contributed by atoms with van der Waals surface area (Å²) in [6, 6.07) is 10.5. The highest BCUT2D eigenvalue weighted by atomic mass is 16.0. The third-order valence-corrected chi connectivity index (χ3v) is 7.83. The lowest BCUT2D eigenvalue weighted by Crippen LogP contribution is -2.64. The van der Waals surface area contributed by atoms with Gasteiger partial charge >= 0.3 is 0 Å². The smallest absolute Gasteiger partial charge is 0.232 e. The number of hydrogen-bond acceptors (Lipinski definition) is 7. The second-order valence-corrected chi connectivity index (χ2v) is 13.0. The van der Waals surface area contributed by atoms with Gasteiger partial charge in [0.15, 0.2) is 0 Å². The summed E-state index contributed by atoms with van der Waals surface area (Å²) < 4.78 is 0. The van der Waals surface area contributed by atoms with Gasteiger partial charge in [0.25, 0.3) is 0 Å². The lowest BCUT2D eigenvalue weighted by atomic mass is 9.77. The summed E-state index contributed by atoms with van der Waals surface area (Å²) in [5.74, 6) is 2.10. The topological polar surface area (TPSA) is 115 Å². The average molecular weight is 498 g/mol. The first-order chi connectivity index (χ1) is 16.2. The summed E-state index contributed by atoms with van der Waals surface area (Å²) in [7, 11) is 0. The molecule has 2 aliphatic rings. The molecule has 5 N–H and O–H groups in total. The van der Waals surface area contributed by atoms with Gasteiger partial charge in [0.1, 0.15) is 0 Å². The van der Waals surface area contributed by atoms with E-state index in [1.165, 1.54) is 12.0 Å². The van der Waals surface area contributed by atoms with Crippen LogP contribution in [0, 0.1) is 0 Å². The maximum atomic E-state index is 6.49. The standard InChI is InChI=1S/C28H45N7.H2O/c1-25(2)15-12-16-26(3,4)34(25)23-31-22(30-19-20-13-10-9-11-14-20)32-24(33-23)35-27(5,6)17-21(29)18-28(35,7)8;/h9-11,13-14,21H,12,15-19,29H2,1-8H3,(H,30,31,32,33);1H2. The van der Waals surface area contributed by atoms with Crippen LogP contribution in [0.1, 0.15) is 93.1 Å². The summed E-state index contributed by atoms with van der Waals surface area (Å²) >= 11 is 0. The lowest BCUT2D eigenvalue weighted by molar-refractivity contribution is 0.215. The zero-order chi connectivity index (χ0) is 25.6. The molecule has 8 nitrogen and oxygen atoms in total. The molecule has 1 aromatic carbocycles. The third kappa shape index (κ3) is 5.59. The van der Waals surface area contributed by atoms with Gasteiger partial charge in [-0.3, -0.25) is 0 Å². The van der Waals surface area contributed by atoms with Crippen molar-refractivity contribution in [3.63, 3.8) is 0 Å². The maximum absolute atomic E-state index is 6.49. The zero-order valence-corrected chi connectivity index (χ0v) is 23.5. The van der Waals surface area contributed by atoms with Crippen LogP contribution < -0.4 is 20.9 Å². The van der Waals surface area contributed by atoms with Crippen LogP contribution >= 0.6 is 0 Å². The molecule has 2 fully saturated rings. The number of nitrogens with one attached hydrogen (secondary N) is 1. The first-order valence-corrected chi connectivity index (χ1v) is 13.1. The molecule has 0 atom stereocenters. The molecule has 2 aromatic rings. The van der Waals surface area contributed by atoms with Gasteiger partial charge in [-0.05, 0) is 93.1 Å². The monoisotopic (exact) mass is 497 g/mol. The second-order valence-electron chi connectivity index (χ2n) is 13.0. The van der Waals surface area contributed by atoms with Crippen LogP contribution in [-0.4, -0.2) is 48.6 Å². The summed E-state index contributed by atoms with van der Waals surface area (Å²) in [6.45, 7) is 18.9. The highest BCUT2D eigenvalue weighted by Gasteiger charge is 2.47. The van der Waals surface area contributed by atoms with E-state index in [-0.39, 0.29) is 33.7 Å². The number of aromatic nitrogens is 3. The van der Waals surface area contributed by atoms with E-state index in [4.69, 9.17) is 20.7 Å². The Bertz CT molecular complexity index is 1000. The number of anilines is 3. The van der Waals surface area contributed by atoms with Crippen LogP contribution in [0.25, 0.3) is 0 Å². The summed E-state index contributed by atoms with van der Waals surface area (Å²) in [5.41, 5.74) is 7.23. The minimum atomic E-state index is -0.177. The molecular weight excluding hydrogens is 450 g/mol. The van der Waals surface area contributed by atoms with Crippen molar-refractivity contribution in [2.24, 2.45) is 5.73 Å². The Morgan fingerprint density at radius 3 is 1.75 bits per heavy atom. The van der Waals surface area contributed by atoms with E-state index < -0.39 is 0 Å². The van der Waals surface area contributed by atoms with Gasteiger partial charge in [-0.15, -0.1) is 0 Å². The average Bonchev–Trinajstić information content (AvgIpc) is 2.69. The molecule has 0 bridgehead atoms. The van der Waals surface area contributed by atoms with E-state index in [0.29, 0.717) is 12.5 Å². The van der Waals surface area contributed by atoms with Crippen molar-refractivity contribution >= 4 is 17.8 Å². The number of hydrogen-bond donors (Lipinski definition) is 2. The van der Waals surface area contributed by atoms with Gasteiger partial charge in [-0.2, -0.15) is 15.0 Å². The van der Waals surface area contributed by atoms with Crippen LogP contribution in [0.3, 0.4) is 0 Å². The molecule has 2 aliphatic heterocycles. The van der Waals surface area contributed by atoms with Crippen LogP contribution in [0.15, 0.2) is 30.3 Å². The summed E-state index contributed by atoms with van der Waals surface area (Å²) in [5, 5.41) is 3.50. The number of piperidine rings is 2. The van der Waals surface area contributed by atoms with Gasteiger partial charge in [0.2, 0.25) is 17.8 Å². The molecule has 200 valence electrons. The summed E-state index contributed by atoms with van der Waals surface area (Å²) in [4.78, 5) is 20.0. The van der Waals surface area contributed by atoms with E-state index in [1.807, 2.05) is 6.07 Å². The van der Waals surface area contributed by atoms with Gasteiger partial charge in [-0.1, -0.05) is 30.3 Å². The Kier molecular flexibility index (Phi) is 7.64. The largest absolute Gasteiger partial charge is 0.412 e. The van der Waals surface area contributed by atoms with E-state index in [9.17, 15) is 0 Å². The van der Waals surface area contributed by atoms with Crippen LogP contribution in [0.4, 0.5) is 17.8 Å². The van der Waals surface area contributed by atoms with E-state index >= 15 is 0 Å². The van der Waals surface area contributed by atoms with Gasteiger partial charge in [0.05, 0.1) is 0 Å². The van der Waals surface area contributed by atoms with Gasteiger partial charge in [-0.25, -0.2) is 0 Å². The molecular formula is C28H47N7O. The predicted octanol–water partition coefficient (Wildman–Crippen LogP) is 4.69. The third-order valence-electron chi connectivity index (χ3n) is 7.83. The molecule has 36 heavy (non-hydrogen) atoms. The minimum Gasteiger partial charge on any atom is -0.412 e. The van der Waals surface area contributed by atoms with E-state index in [2.05, 4.69) is 94.8 Å². The second kappa shape index (κ2) is 9.78. The number of nitrogens with zero attached hydrogens (tertiary/aromatic N) is 5. The van der Waals surface area contributed by atoms with Crippen molar-refractivity contribution in [2.45, 2.75) is 122 Å². The van der Waals surface area contributed by atoms with Crippen molar-refractivity contribution in [3.05, 3.63) is 35.9 Å². The van der Waals surface area contributed by atoms with Crippen LogP contribution in [0.5, 0.6) is 0 Å². The first-order valence-electron chi connectivity index (χ1n) is 13.1. The van der Waals surface area contributed by atoms with Crippen LogP contribution in [0.2, 0.25) is 0 Å². The molecule has 0 aliphatic carbocycles.